The first-order chi connectivity index (χ1) is 13.7. The maximum absolute atomic E-state index is 14.4. The molecule has 0 spiro atoms. The summed E-state index contributed by atoms with van der Waals surface area (Å²) in [5.41, 5.74) is -1.64. The van der Waals surface area contributed by atoms with Crippen molar-refractivity contribution in [3.8, 4) is 10.6 Å². The number of aliphatic hydroxyl groups is 1. The molecule has 1 aliphatic rings. The minimum absolute atomic E-state index is 0.0604. The largest absolute Gasteiger partial charge is 0.434 e. The standard InChI is InChI=1S/C17H21F4N5OS2/c1-9(8-27)15-25-14(17(19,20)21)13(29-15)12-11(18)7-22-16(24-12)23-10-3-5-26(28-2)6-4-10/h7,9-10,27H,3-6,8H2,1-2H3,(H,22,23,24). The van der Waals surface area contributed by atoms with Gasteiger partial charge in [0.1, 0.15) is 5.69 Å². The normalized spacial score (nSPS) is 17.5. The van der Waals surface area contributed by atoms with E-state index in [1.807, 2.05) is 6.26 Å². The average molecular weight is 452 g/mol. The number of nitrogens with one attached hydrogen (secondary N) is 1. The van der Waals surface area contributed by atoms with Crippen molar-refractivity contribution in [3.63, 3.8) is 0 Å². The Morgan fingerprint density at radius 2 is 2.03 bits per heavy atom. The molecule has 0 saturated carbocycles. The predicted molar refractivity (Wildman–Crippen MR) is 105 cm³/mol. The van der Waals surface area contributed by atoms with E-state index in [4.69, 9.17) is 0 Å². The number of hydrogen-bond donors (Lipinski definition) is 2. The fourth-order valence-corrected chi connectivity index (χ4v) is 4.63. The zero-order valence-electron chi connectivity index (χ0n) is 15.8. The fraction of sp³-hybridized carbons (Fsp3) is 0.588. The van der Waals surface area contributed by atoms with E-state index in [-0.39, 0.29) is 23.6 Å². The van der Waals surface area contributed by atoms with E-state index in [9.17, 15) is 22.7 Å². The summed E-state index contributed by atoms with van der Waals surface area (Å²) in [6.07, 6.45) is -0.249. The molecule has 1 fully saturated rings. The third-order valence-corrected chi connectivity index (χ3v) is 6.79. The molecule has 29 heavy (non-hydrogen) atoms. The zero-order chi connectivity index (χ0) is 21.2. The second-order valence-corrected chi connectivity index (χ2v) is 8.64. The van der Waals surface area contributed by atoms with Gasteiger partial charge in [-0.2, -0.15) is 13.2 Å². The zero-order valence-corrected chi connectivity index (χ0v) is 17.5. The van der Waals surface area contributed by atoms with Crippen LogP contribution in [0.15, 0.2) is 6.20 Å². The number of aliphatic hydroxyl groups excluding tert-OH is 1. The first-order valence-electron chi connectivity index (χ1n) is 9.00. The van der Waals surface area contributed by atoms with Crippen molar-refractivity contribution >= 4 is 29.2 Å². The summed E-state index contributed by atoms with van der Waals surface area (Å²) in [5.74, 6) is -1.47. The van der Waals surface area contributed by atoms with E-state index in [0.717, 1.165) is 32.1 Å². The maximum atomic E-state index is 14.4. The highest BCUT2D eigenvalue weighted by molar-refractivity contribution is 7.96. The van der Waals surface area contributed by atoms with Crippen LogP contribution in [-0.2, 0) is 6.18 Å². The molecule has 3 heterocycles. The second kappa shape index (κ2) is 9.11. The van der Waals surface area contributed by atoms with Gasteiger partial charge < -0.3 is 10.4 Å². The van der Waals surface area contributed by atoms with Crippen LogP contribution in [0.1, 0.15) is 36.4 Å². The van der Waals surface area contributed by atoms with E-state index in [2.05, 4.69) is 24.6 Å². The molecule has 6 nitrogen and oxygen atoms in total. The van der Waals surface area contributed by atoms with Crippen molar-refractivity contribution in [2.75, 3.05) is 31.3 Å². The van der Waals surface area contributed by atoms with Gasteiger partial charge in [0.05, 0.1) is 22.7 Å². The fourth-order valence-electron chi connectivity index (χ4n) is 2.94. The smallest absolute Gasteiger partial charge is 0.396 e. The van der Waals surface area contributed by atoms with Crippen LogP contribution in [0.2, 0.25) is 0 Å². The molecular weight excluding hydrogens is 430 g/mol. The topological polar surface area (TPSA) is 74.2 Å². The van der Waals surface area contributed by atoms with Gasteiger partial charge in [0, 0.05) is 25.0 Å². The number of hydrogen-bond acceptors (Lipinski definition) is 8. The average Bonchev–Trinajstić information content (AvgIpc) is 3.15. The quantitative estimate of drug-likeness (QED) is 0.508. The molecule has 1 saturated heterocycles. The molecule has 2 aromatic heterocycles. The molecule has 1 aliphatic heterocycles. The highest BCUT2D eigenvalue weighted by Crippen LogP contribution is 2.42. The lowest BCUT2D eigenvalue weighted by Crippen LogP contribution is -2.35. The van der Waals surface area contributed by atoms with Crippen molar-refractivity contribution < 1.29 is 22.7 Å². The summed E-state index contributed by atoms with van der Waals surface area (Å²) in [5, 5.41) is 12.4. The van der Waals surface area contributed by atoms with Crippen LogP contribution in [0.5, 0.6) is 0 Å². The summed E-state index contributed by atoms with van der Waals surface area (Å²) < 4.78 is 57.1. The van der Waals surface area contributed by atoms with Crippen LogP contribution in [0, 0.1) is 5.82 Å². The third kappa shape index (κ3) is 5.16. The molecule has 0 aromatic carbocycles. The predicted octanol–water partition coefficient (Wildman–Crippen LogP) is 4.01. The molecule has 1 unspecified atom stereocenters. The lowest BCUT2D eigenvalue weighted by Gasteiger charge is -2.30. The Hall–Kier alpha value is -1.50. The molecule has 0 radical (unpaired) electrons. The molecule has 160 valence electrons. The van der Waals surface area contributed by atoms with E-state index in [1.54, 1.807) is 18.9 Å². The highest BCUT2D eigenvalue weighted by atomic mass is 32.2. The molecule has 1 atom stereocenters. The van der Waals surface area contributed by atoms with Crippen molar-refractivity contribution in [2.24, 2.45) is 0 Å². The molecule has 2 aromatic rings. The molecule has 2 N–H and O–H groups in total. The van der Waals surface area contributed by atoms with Crippen LogP contribution in [0.3, 0.4) is 0 Å². The number of thiazole rings is 1. The Morgan fingerprint density at radius 3 is 2.62 bits per heavy atom. The third-order valence-electron chi connectivity index (χ3n) is 4.61. The van der Waals surface area contributed by atoms with Gasteiger partial charge in [-0.05, 0) is 19.1 Å². The lowest BCUT2D eigenvalue weighted by atomic mass is 10.1. The number of aromatic nitrogens is 3. The monoisotopic (exact) mass is 451 g/mol. The lowest BCUT2D eigenvalue weighted by molar-refractivity contribution is -0.140. The maximum Gasteiger partial charge on any atom is 0.434 e. The van der Waals surface area contributed by atoms with E-state index in [1.165, 1.54) is 0 Å². The minimum Gasteiger partial charge on any atom is -0.396 e. The summed E-state index contributed by atoms with van der Waals surface area (Å²) in [6, 6.07) is 0.0604. The summed E-state index contributed by atoms with van der Waals surface area (Å²) >= 11 is 2.35. The minimum atomic E-state index is -4.77. The Labute approximate surface area is 173 Å². The molecular formula is C17H21F4N5OS2. The van der Waals surface area contributed by atoms with Gasteiger partial charge in [-0.15, -0.1) is 11.3 Å². The number of alkyl halides is 3. The van der Waals surface area contributed by atoms with Gasteiger partial charge in [0.15, 0.2) is 11.5 Å². The van der Waals surface area contributed by atoms with Crippen molar-refractivity contribution in [1.29, 1.82) is 0 Å². The van der Waals surface area contributed by atoms with Crippen molar-refractivity contribution in [2.45, 2.75) is 37.9 Å². The molecule has 0 aliphatic carbocycles. The molecule has 12 heteroatoms. The SMILES string of the molecule is CSN1CCC(Nc2ncc(F)c(-c3sc(C(C)CO)nc3C(F)(F)F)n2)CC1. The number of halogens is 4. The Kier molecular flexibility index (Phi) is 6.97. The number of piperidine rings is 1. The summed E-state index contributed by atoms with van der Waals surface area (Å²) in [6.45, 7) is 2.91. The van der Waals surface area contributed by atoms with E-state index < -0.39 is 34.2 Å². The van der Waals surface area contributed by atoms with Crippen LogP contribution in [0.4, 0.5) is 23.5 Å². The van der Waals surface area contributed by atoms with Gasteiger partial charge in [-0.3, -0.25) is 4.31 Å². The van der Waals surface area contributed by atoms with Gasteiger partial charge in [-0.25, -0.2) is 19.3 Å². The summed E-state index contributed by atoms with van der Waals surface area (Å²) in [4.78, 5) is 11.1. The van der Waals surface area contributed by atoms with E-state index >= 15 is 0 Å². The number of rotatable bonds is 6. The van der Waals surface area contributed by atoms with Crippen LogP contribution >= 0.6 is 23.3 Å². The number of anilines is 1. The van der Waals surface area contributed by atoms with Crippen LogP contribution in [0.25, 0.3) is 10.6 Å². The van der Waals surface area contributed by atoms with Gasteiger partial charge in [-0.1, -0.05) is 18.9 Å². The van der Waals surface area contributed by atoms with Gasteiger partial charge >= 0.3 is 6.18 Å². The van der Waals surface area contributed by atoms with Gasteiger partial charge in [0.25, 0.3) is 0 Å². The molecule has 0 bridgehead atoms. The van der Waals surface area contributed by atoms with Crippen LogP contribution < -0.4 is 5.32 Å². The highest BCUT2D eigenvalue weighted by Gasteiger charge is 2.39. The summed E-state index contributed by atoms with van der Waals surface area (Å²) in [7, 11) is 0. The first kappa shape index (κ1) is 22.2. The Morgan fingerprint density at radius 1 is 1.34 bits per heavy atom. The Balaban J connectivity index is 1.91. The van der Waals surface area contributed by atoms with Crippen molar-refractivity contribution in [1.82, 2.24) is 19.3 Å². The van der Waals surface area contributed by atoms with E-state index in [0.29, 0.717) is 11.3 Å². The number of nitrogens with zero attached hydrogens (tertiary/aromatic N) is 4. The Bertz CT molecular complexity index is 840. The second-order valence-electron chi connectivity index (χ2n) is 6.73. The molecule has 0 amide bonds. The molecule has 3 rings (SSSR count). The van der Waals surface area contributed by atoms with Gasteiger partial charge in [0.2, 0.25) is 5.95 Å². The first-order valence-corrected chi connectivity index (χ1v) is 11.0. The van der Waals surface area contributed by atoms with Crippen LogP contribution in [-0.4, -0.2) is 56.4 Å². The van der Waals surface area contributed by atoms with Crippen molar-refractivity contribution in [3.05, 3.63) is 22.7 Å².